The Morgan fingerprint density at radius 3 is 2.76 bits per heavy atom. The number of carbonyl (C=O) groups is 1. The number of nitrogens with two attached hydrogens (primary N) is 1. The second-order valence-corrected chi connectivity index (χ2v) is 4.69. The summed E-state index contributed by atoms with van der Waals surface area (Å²) in [5.74, 6) is 0.917. The average molecular weight is 235 g/mol. The van der Waals surface area contributed by atoms with E-state index in [0.29, 0.717) is 17.6 Å². The molecule has 1 heterocycles. The number of likely N-dealkylation sites (N-methyl/N-ethyl adjacent to an activating group) is 1. The Balaban J connectivity index is 2.54. The topological polar surface area (TPSA) is 52.3 Å². The van der Waals surface area contributed by atoms with Crippen LogP contribution in [0.1, 0.15) is 18.4 Å². The van der Waals surface area contributed by atoms with Crippen LogP contribution in [0.2, 0.25) is 0 Å². The van der Waals surface area contributed by atoms with Crippen LogP contribution in [0, 0.1) is 0 Å². The molecular formula is C13H19N2O2+. The zero-order valence-electron chi connectivity index (χ0n) is 10.6. The Morgan fingerprint density at radius 1 is 1.47 bits per heavy atom. The maximum Gasteiger partial charge on any atom is 0.326 e. The number of amides is 1. The molecule has 1 aliphatic heterocycles. The van der Waals surface area contributed by atoms with Crippen LogP contribution in [-0.4, -0.2) is 33.2 Å². The van der Waals surface area contributed by atoms with Gasteiger partial charge in [-0.2, -0.15) is 0 Å². The van der Waals surface area contributed by atoms with Crippen molar-refractivity contribution in [2.45, 2.75) is 12.8 Å². The molecule has 2 N–H and O–H groups in total. The molecule has 0 aromatic heterocycles. The molecule has 92 valence electrons. The highest BCUT2D eigenvalue weighted by molar-refractivity contribution is 6.00. The summed E-state index contributed by atoms with van der Waals surface area (Å²) in [7, 11) is 3.57. The van der Waals surface area contributed by atoms with Gasteiger partial charge in [0.15, 0.2) is 0 Å². The lowest BCUT2D eigenvalue weighted by atomic mass is 10.0. The molecule has 17 heavy (non-hydrogen) atoms. The lowest BCUT2D eigenvalue weighted by Gasteiger charge is -2.26. The number of methoxy groups -OCH3 is 1. The Bertz CT molecular complexity index is 459. The van der Waals surface area contributed by atoms with Crippen LogP contribution in [0.5, 0.6) is 5.75 Å². The first-order valence-corrected chi connectivity index (χ1v) is 5.83. The van der Waals surface area contributed by atoms with Crippen molar-refractivity contribution >= 4 is 11.6 Å². The van der Waals surface area contributed by atoms with Gasteiger partial charge in [-0.15, -0.1) is 0 Å². The molecule has 0 saturated heterocycles. The number of quaternary nitrogens is 1. The normalized spacial score (nSPS) is 27.1. The number of benzene rings is 1. The third-order valence-electron chi connectivity index (χ3n) is 3.67. The van der Waals surface area contributed by atoms with Crippen molar-refractivity contribution in [3.05, 3.63) is 23.8 Å². The number of rotatable bonds is 3. The molecule has 0 fully saturated rings. The monoisotopic (exact) mass is 235 g/mol. The van der Waals surface area contributed by atoms with Gasteiger partial charge in [-0.1, -0.05) is 0 Å². The maximum absolute atomic E-state index is 12.3. The molecule has 0 saturated carbocycles. The van der Waals surface area contributed by atoms with E-state index in [1.165, 1.54) is 0 Å². The first-order valence-electron chi connectivity index (χ1n) is 5.83. The smallest absolute Gasteiger partial charge is 0.326 e. The summed E-state index contributed by atoms with van der Waals surface area (Å²) < 4.78 is 5.51. The van der Waals surface area contributed by atoms with Gasteiger partial charge < -0.3 is 10.5 Å². The fourth-order valence-corrected chi connectivity index (χ4v) is 2.62. The molecule has 1 aromatic rings. The van der Waals surface area contributed by atoms with E-state index >= 15 is 0 Å². The summed E-state index contributed by atoms with van der Waals surface area (Å²) in [6.07, 6.45) is 0. The van der Waals surface area contributed by atoms with Crippen molar-refractivity contribution in [3.8, 4) is 5.75 Å². The van der Waals surface area contributed by atoms with Crippen LogP contribution in [-0.2, 0) is 4.79 Å². The minimum atomic E-state index is -0.0864. The predicted octanol–water partition coefficient (Wildman–Crippen LogP) is 1.23. The standard InChI is InChI=1S/C13H19N2O2/c1-9-11-8-10(17-3)4-5-12(11)15(2,7-6-14)13(9)16/h4-5,8-9H,6-7,14H2,1-3H3/q+1. The highest BCUT2D eigenvalue weighted by Gasteiger charge is 2.47. The number of hydrogen-bond acceptors (Lipinski definition) is 3. The van der Waals surface area contributed by atoms with Gasteiger partial charge in [0.2, 0.25) is 0 Å². The van der Waals surface area contributed by atoms with Gasteiger partial charge in [-0.25, -0.2) is 9.28 Å². The lowest BCUT2D eigenvalue weighted by Crippen LogP contribution is -2.51. The van der Waals surface area contributed by atoms with E-state index < -0.39 is 0 Å². The first-order chi connectivity index (χ1) is 8.04. The SMILES string of the molecule is COc1ccc2c(c1)C(C)C(=O)[N+]2(C)CCN. The molecule has 0 aliphatic carbocycles. The average Bonchev–Trinajstić information content (AvgIpc) is 2.52. The maximum atomic E-state index is 12.3. The molecule has 0 radical (unpaired) electrons. The van der Waals surface area contributed by atoms with Crippen molar-refractivity contribution in [1.82, 2.24) is 4.48 Å². The Morgan fingerprint density at radius 2 is 2.18 bits per heavy atom. The number of nitrogens with zero attached hydrogens (tertiary/aromatic N) is 1. The molecule has 4 nitrogen and oxygen atoms in total. The fraction of sp³-hybridized carbons (Fsp3) is 0.462. The van der Waals surface area contributed by atoms with Gasteiger partial charge >= 0.3 is 5.91 Å². The summed E-state index contributed by atoms with van der Waals surface area (Å²) in [6.45, 7) is 3.09. The zero-order valence-corrected chi connectivity index (χ0v) is 10.6. The van der Waals surface area contributed by atoms with Crippen LogP contribution in [0.25, 0.3) is 0 Å². The van der Waals surface area contributed by atoms with Crippen molar-refractivity contribution in [1.29, 1.82) is 0 Å². The Kier molecular flexibility index (Phi) is 2.93. The molecule has 2 unspecified atom stereocenters. The van der Waals surface area contributed by atoms with Crippen LogP contribution in [0.3, 0.4) is 0 Å². The molecule has 2 atom stereocenters. The van der Waals surface area contributed by atoms with Crippen molar-refractivity contribution in [3.63, 3.8) is 0 Å². The second-order valence-electron chi connectivity index (χ2n) is 4.69. The van der Waals surface area contributed by atoms with Crippen LogP contribution in [0.15, 0.2) is 18.2 Å². The summed E-state index contributed by atoms with van der Waals surface area (Å²) in [4.78, 5) is 12.3. The van der Waals surface area contributed by atoms with Gasteiger partial charge in [0, 0.05) is 18.2 Å². The minimum Gasteiger partial charge on any atom is -0.497 e. The van der Waals surface area contributed by atoms with E-state index in [9.17, 15) is 4.79 Å². The molecule has 1 aliphatic rings. The van der Waals surface area contributed by atoms with Crippen molar-refractivity contribution in [2.75, 3.05) is 27.2 Å². The predicted molar refractivity (Wildman–Crippen MR) is 68.1 cm³/mol. The van der Waals surface area contributed by atoms with Crippen LogP contribution in [0.4, 0.5) is 5.69 Å². The Labute approximate surface area is 102 Å². The van der Waals surface area contributed by atoms with Crippen LogP contribution < -0.4 is 15.0 Å². The van der Waals surface area contributed by atoms with Gasteiger partial charge in [0.05, 0.1) is 14.2 Å². The van der Waals surface area contributed by atoms with E-state index in [0.717, 1.165) is 17.0 Å². The molecule has 0 bridgehead atoms. The van der Waals surface area contributed by atoms with E-state index in [2.05, 4.69) is 0 Å². The number of hydrogen-bond donors (Lipinski definition) is 1. The van der Waals surface area contributed by atoms with Crippen molar-refractivity contribution in [2.24, 2.45) is 5.73 Å². The van der Waals surface area contributed by atoms with E-state index in [1.807, 2.05) is 32.2 Å². The lowest BCUT2D eigenvalue weighted by molar-refractivity contribution is -0.128. The van der Waals surface area contributed by atoms with Gasteiger partial charge in [0.1, 0.15) is 23.9 Å². The van der Waals surface area contributed by atoms with E-state index in [1.54, 1.807) is 7.11 Å². The van der Waals surface area contributed by atoms with Gasteiger partial charge in [0.25, 0.3) is 0 Å². The largest absolute Gasteiger partial charge is 0.497 e. The first kappa shape index (κ1) is 12.1. The summed E-state index contributed by atoms with van der Waals surface area (Å²) >= 11 is 0. The third kappa shape index (κ3) is 1.64. The molecular weight excluding hydrogens is 216 g/mol. The van der Waals surface area contributed by atoms with E-state index in [4.69, 9.17) is 10.5 Å². The summed E-state index contributed by atoms with van der Waals surface area (Å²) in [6, 6.07) is 5.83. The Hall–Kier alpha value is -1.39. The summed E-state index contributed by atoms with van der Waals surface area (Å²) in [5, 5.41) is 0. The quantitative estimate of drug-likeness (QED) is 0.802. The van der Waals surface area contributed by atoms with Crippen LogP contribution >= 0.6 is 0 Å². The molecule has 1 amide bonds. The highest BCUT2D eigenvalue weighted by atomic mass is 16.5. The number of fused-ring (bicyclic) bond motifs is 1. The number of ether oxygens (including phenoxy) is 1. The minimum absolute atomic E-state index is 0.0864. The third-order valence-corrected chi connectivity index (χ3v) is 3.67. The molecule has 1 aromatic carbocycles. The molecule has 0 spiro atoms. The summed E-state index contributed by atoms with van der Waals surface area (Å²) in [5.41, 5.74) is 7.73. The highest BCUT2D eigenvalue weighted by Crippen LogP contribution is 2.42. The van der Waals surface area contributed by atoms with Gasteiger partial charge in [-0.05, 0) is 19.1 Å². The van der Waals surface area contributed by atoms with Crippen molar-refractivity contribution < 1.29 is 9.53 Å². The zero-order chi connectivity index (χ0) is 12.6. The van der Waals surface area contributed by atoms with Gasteiger partial charge in [-0.3, -0.25) is 0 Å². The second kappa shape index (κ2) is 4.13. The fourth-order valence-electron chi connectivity index (χ4n) is 2.62. The number of carbonyl (C=O) groups excluding carboxylic acids is 1. The van der Waals surface area contributed by atoms with E-state index in [-0.39, 0.29) is 11.8 Å². The molecule has 4 heteroatoms. The molecule has 2 rings (SSSR count).